The van der Waals surface area contributed by atoms with Crippen molar-refractivity contribution in [1.82, 2.24) is 0 Å². The summed E-state index contributed by atoms with van der Waals surface area (Å²) in [6, 6.07) is 14.8. The predicted molar refractivity (Wildman–Crippen MR) is 72.4 cm³/mol. The van der Waals surface area contributed by atoms with Gasteiger partial charge in [0.2, 0.25) is 0 Å². The van der Waals surface area contributed by atoms with Crippen LogP contribution in [0.2, 0.25) is 0 Å². The van der Waals surface area contributed by atoms with Crippen LogP contribution >= 0.6 is 0 Å². The molecule has 2 aromatic rings. The van der Waals surface area contributed by atoms with Gasteiger partial charge in [-0.1, -0.05) is 23.8 Å². The van der Waals surface area contributed by atoms with Crippen LogP contribution < -0.4 is 4.74 Å². The lowest BCUT2D eigenvalue weighted by atomic mass is 10.1. The second kappa shape index (κ2) is 5.83. The lowest BCUT2D eigenvalue weighted by Gasteiger charge is -2.09. The van der Waals surface area contributed by atoms with Gasteiger partial charge in [0, 0.05) is 0 Å². The van der Waals surface area contributed by atoms with Gasteiger partial charge in [0.05, 0.1) is 18.1 Å². The first-order valence-corrected chi connectivity index (χ1v) is 5.92. The van der Waals surface area contributed by atoms with Crippen LogP contribution in [0.3, 0.4) is 0 Å². The fourth-order valence-electron chi connectivity index (χ4n) is 1.75. The molecule has 3 nitrogen and oxygen atoms in total. The number of nitrogens with zero attached hydrogens (tertiary/aromatic N) is 1. The van der Waals surface area contributed by atoms with Gasteiger partial charge in [-0.3, -0.25) is 4.79 Å². The summed E-state index contributed by atoms with van der Waals surface area (Å²) in [7, 11) is 0. The number of rotatable bonds is 4. The van der Waals surface area contributed by atoms with E-state index in [4.69, 9.17) is 10.00 Å². The number of ether oxygens (including phenoxy) is 1. The molecule has 19 heavy (non-hydrogen) atoms. The number of benzene rings is 2. The fourth-order valence-corrected chi connectivity index (χ4v) is 1.75. The van der Waals surface area contributed by atoms with E-state index in [0.717, 1.165) is 17.4 Å². The standard InChI is InChI=1S/C16H13NO2/c1-12-2-7-16(14(10-12)11-18)19-15-5-3-13(4-6-15)8-9-17/h2-7,10-11H,8H2,1H3. The average Bonchev–Trinajstić information content (AvgIpc) is 2.43. The normalized spacial score (nSPS) is 9.68. The summed E-state index contributed by atoms with van der Waals surface area (Å²) in [6.07, 6.45) is 1.16. The van der Waals surface area contributed by atoms with Gasteiger partial charge in [-0.05, 0) is 36.8 Å². The van der Waals surface area contributed by atoms with E-state index in [1.165, 1.54) is 0 Å². The van der Waals surface area contributed by atoms with Gasteiger partial charge in [0.15, 0.2) is 6.29 Å². The summed E-state index contributed by atoms with van der Waals surface area (Å²) in [6.45, 7) is 1.92. The molecule has 0 aliphatic heterocycles. The molecule has 2 aromatic carbocycles. The minimum Gasteiger partial charge on any atom is -0.457 e. The van der Waals surface area contributed by atoms with Gasteiger partial charge >= 0.3 is 0 Å². The Bertz CT molecular complexity index is 624. The van der Waals surface area contributed by atoms with E-state index in [2.05, 4.69) is 6.07 Å². The van der Waals surface area contributed by atoms with E-state index >= 15 is 0 Å². The number of hydrogen-bond donors (Lipinski definition) is 0. The maximum Gasteiger partial charge on any atom is 0.153 e. The van der Waals surface area contributed by atoms with E-state index in [0.29, 0.717) is 23.5 Å². The Kier molecular flexibility index (Phi) is 3.94. The van der Waals surface area contributed by atoms with E-state index < -0.39 is 0 Å². The Morgan fingerprint density at radius 2 is 1.95 bits per heavy atom. The molecule has 0 aliphatic rings. The maximum atomic E-state index is 11.0. The molecule has 0 radical (unpaired) electrons. The molecule has 0 saturated heterocycles. The summed E-state index contributed by atoms with van der Waals surface area (Å²) in [5.41, 5.74) is 2.48. The summed E-state index contributed by atoms with van der Waals surface area (Å²) in [4.78, 5) is 11.0. The van der Waals surface area contributed by atoms with Crippen LogP contribution in [0.25, 0.3) is 0 Å². The van der Waals surface area contributed by atoms with Crippen molar-refractivity contribution < 1.29 is 9.53 Å². The Hall–Kier alpha value is -2.60. The zero-order chi connectivity index (χ0) is 13.7. The third-order valence-corrected chi connectivity index (χ3v) is 2.73. The quantitative estimate of drug-likeness (QED) is 0.779. The van der Waals surface area contributed by atoms with Crippen molar-refractivity contribution in [2.24, 2.45) is 0 Å². The summed E-state index contributed by atoms with van der Waals surface area (Å²) < 4.78 is 5.67. The van der Waals surface area contributed by atoms with Gasteiger partial charge < -0.3 is 4.74 Å². The van der Waals surface area contributed by atoms with Crippen molar-refractivity contribution in [2.75, 3.05) is 0 Å². The van der Waals surface area contributed by atoms with E-state index in [9.17, 15) is 4.79 Å². The number of carbonyl (C=O) groups is 1. The van der Waals surface area contributed by atoms with Gasteiger partial charge in [0.1, 0.15) is 11.5 Å². The molecule has 0 saturated carbocycles. The van der Waals surface area contributed by atoms with Crippen LogP contribution in [0.5, 0.6) is 11.5 Å². The number of aryl methyl sites for hydroxylation is 1. The van der Waals surface area contributed by atoms with Crippen molar-refractivity contribution in [3.63, 3.8) is 0 Å². The topological polar surface area (TPSA) is 50.1 Å². The van der Waals surface area contributed by atoms with Crippen molar-refractivity contribution in [3.05, 3.63) is 59.2 Å². The predicted octanol–water partition coefficient (Wildman–Crippen LogP) is 3.67. The van der Waals surface area contributed by atoms with Gasteiger partial charge in [-0.25, -0.2) is 0 Å². The molecule has 2 rings (SSSR count). The molecule has 3 heteroatoms. The minimum atomic E-state index is 0.379. The molecule has 0 amide bonds. The highest BCUT2D eigenvalue weighted by molar-refractivity contribution is 5.79. The highest BCUT2D eigenvalue weighted by Gasteiger charge is 2.04. The van der Waals surface area contributed by atoms with Crippen molar-refractivity contribution >= 4 is 6.29 Å². The van der Waals surface area contributed by atoms with Crippen molar-refractivity contribution in [1.29, 1.82) is 5.26 Å². The first-order chi connectivity index (χ1) is 9.22. The summed E-state index contributed by atoms with van der Waals surface area (Å²) in [5, 5.41) is 8.60. The van der Waals surface area contributed by atoms with Crippen molar-refractivity contribution in [3.8, 4) is 17.6 Å². The molecule has 0 bridgehead atoms. The molecule has 0 aromatic heterocycles. The van der Waals surface area contributed by atoms with E-state index in [-0.39, 0.29) is 0 Å². The molecular weight excluding hydrogens is 238 g/mol. The van der Waals surface area contributed by atoms with E-state index in [1.54, 1.807) is 24.3 Å². The number of carbonyl (C=O) groups excluding carboxylic acids is 1. The lowest BCUT2D eigenvalue weighted by Crippen LogP contribution is -1.91. The smallest absolute Gasteiger partial charge is 0.153 e. The third kappa shape index (κ3) is 3.20. The Balaban J connectivity index is 2.21. The monoisotopic (exact) mass is 251 g/mol. The zero-order valence-electron chi connectivity index (χ0n) is 10.6. The Morgan fingerprint density at radius 3 is 2.58 bits per heavy atom. The SMILES string of the molecule is Cc1ccc(Oc2ccc(CC#N)cc2)c(C=O)c1. The number of nitriles is 1. The molecule has 0 heterocycles. The molecule has 0 aliphatic carbocycles. The highest BCUT2D eigenvalue weighted by atomic mass is 16.5. The van der Waals surface area contributed by atoms with Gasteiger partial charge in [0.25, 0.3) is 0 Å². The van der Waals surface area contributed by atoms with Crippen LogP contribution in [0, 0.1) is 18.3 Å². The summed E-state index contributed by atoms with van der Waals surface area (Å²) in [5.74, 6) is 1.18. The molecule has 0 fully saturated rings. The summed E-state index contributed by atoms with van der Waals surface area (Å²) >= 11 is 0. The molecule has 94 valence electrons. The van der Waals surface area contributed by atoms with Crippen molar-refractivity contribution in [2.45, 2.75) is 13.3 Å². The Morgan fingerprint density at radius 1 is 1.21 bits per heavy atom. The van der Waals surface area contributed by atoms with Gasteiger partial charge in [-0.2, -0.15) is 5.26 Å². The van der Waals surface area contributed by atoms with Crippen LogP contribution in [-0.4, -0.2) is 6.29 Å². The molecular formula is C16H13NO2. The average molecular weight is 251 g/mol. The largest absolute Gasteiger partial charge is 0.457 e. The first kappa shape index (κ1) is 12.8. The number of aldehydes is 1. The highest BCUT2D eigenvalue weighted by Crippen LogP contribution is 2.25. The van der Waals surface area contributed by atoms with Crippen LogP contribution in [0.1, 0.15) is 21.5 Å². The zero-order valence-corrected chi connectivity index (χ0v) is 10.6. The lowest BCUT2D eigenvalue weighted by molar-refractivity contribution is 0.112. The molecule has 0 unspecified atom stereocenters. The minimum absolute atomic E-state index is 0.379. The molecule has 0 atom stereocenters. The molecule has 0 spiro atoms. The fraction of sp³-hybridized carbons (Fsp3) is 0.125. The van der Waals surface area contributed by atoms with Crippen LogP contribution in [0.15, 0.2) is 42.5 Å². The second-order valence-electron chi connectivity index (χ2n) is 4.24. The molecule has 0 N–H and O–H groups in total. The third-order valence-electron chi connectivity index (χ3n) is 2.73. The first-order valence-electron chi connectivity index (χ1n) is 5.92. The van der Waals surface area contributed by atoms with Crippen LogP contribution in [-0.2, 0) is 6.42 Å². The number of hydrogen-bond acceptors (Lipinski definition) is 3. The van der Waals surface area contributed by atoms with E-state index in [1.807, 2.05) is 25.1 Å². The van der Waals surface area contributed by atoms with Crippen LogP contribution in [0.4, 0.5) is 0 Å². The van der Waals surface area contributed by atoms with Gasteiger partial charge in [-0.15, -0.1) is 0 Å². The Labute approximate surface area is 112 Å². The maximum absolute atomic E-state index is 11.0. The second-order valence-corrected chi connectivity index (χ2v) is 4.24.